The molecule has 0 aromatic carbocycles. The minimum Gasteiger partial charge on any atom is -0.382 e. The van der Waals surface area contributed by atoms with Gasteiger partial charge in [-0.15, -0.1) is 24.0 Å². The van der Waals surface area contributed by atoms with Crippen molar-refractivity contribution in [2.75, 3.05) is 39.5 Å². The van der Waals surface area contributed by atoms with Crippen molar-refractivity contribution in [1.29, 1.82) is 0 Å². The lowest BCUT2D eigenvalue weighted by Gasteiger charge is -2.22. The average molecular weight is 441 g/mol. The van der Waals surface area contributed by atoms with Crippen LogP contribution < -0.4 is 10.6 Å². The van der Waals surface area contributed by atoms with E-state index in [1.54, 1.807) is 0 Å². The fraction of sp³-hybridized carbons (Fsp3) is 0.941. The molecule has 2 N–H and O–H groups in total. The zero-order valence-corrected chi connectivity index (χ0v) is 17.3. The molecular formula is C17H36IN3O2. The molecule has 0 atom stereocenters. The standard InChI is InChI=1S/C17H35N3O2.HI/c1-3-18-17(19-12-8-14-21-4-2)20-13-9-15-22-16-10-6-5-7-11-16;/h16H,3-15H2,1-2H3,(H2,18,19,20);1H. The molecule has 1 aliphatic carbocycles. The molecule has 1 fully saturated rings. The van der Waals surface area contributed by atoms with Crippen molar-refractivity contribution in [2.45, 2.75) is 64.9 Å². The maximum atomic E-state index is 5.93. The summed E-state index contributed by atoms with van der Waals surface area (Å²) >= 11 is 0. The van der Waals surface area contributed by atoms with Crippen LogP contribution in [0.25, 0.3) is 0 Å². The van der Waals surface area contributed by atoms with Crippen molar-refractivity contribution in [3.8, 4) is 0 Å². The van der Waals surface area contributed by atoms with Gasteiger partial charge in [0.05, 0.1) is 6.10 Å². The molecule has 0 unspecified atom stereocenters. The lowest BCUT2D eigenvalue weighted by molar-refractivity contribution is 0.0277. The van der Waals surface area contributed by atoms with Gasteiger partial charge in [-0.05, 0) is 39.5 Å². The molecule has 1 rings (SSSR count). The van der Waals surface area contributed by atoms with Crippen molar-refractivity contribution in [2.24, 2.45) is 4.99 Å². The number of ether oxygens (including phenoxy) is 2. The Morgan fingerprint density at radius 3 is 2.52 bits per heavy atom. The zero-order chi connectivity index (χ0) is 15.9. The highest BCUT2D eigenvalue weighted by Crippen LogP contribution is 2.20. The van der Waals surface area contributed by atoms with Crippen LogP contribution in [0.5, 0.6) is 0 Å². The molecule has 0 aromatic heterocycles. The van der Waals surface area contributed by atoms with Gasteiger partial charge in [-0.1, -0.05) is 19.3 Å². The second kappa shape index (κ2) is 16.8. The van der Waals surface area contributed by atoms with Gasteiger partial charge in [0.15, 0.2) is 5.96 Å². The second-order valence-corrected chi connectivity index (χ2v) is 5.72. The Morgan fingerprint density at radius 2 is 1.83 bits per heavy atom. The summed E-state index contributed by atoms with van der Waals surface area (Å²) in [7, 11) is 0. The molecule has 0 saturated heterocycles. The highest BCUT2D eigenvalue weighted by Gasteiger charge is 2.12. The van der Waals surface area contributed by atoms with Crippen molar-refractivity contribution in [1.82, 2.24) is 10.6 Å². The van der Waals surface area contributed by atoms with E-state index in [1.807, 2.05) is 6.92 Å². The smallest absolute Gasteiger partial charge is 0.191 e. The molecule has 0 aromatic rings. The number of hydrogen-bond acceptors (Lipinski definition) is 3. The van der Waals surface area contributed by atoms with Gasteiger partial charge < -0.3 is 20.1 Å². The number of nitrogens with one attached hydrogen (secondary N) is 2. The summed E-state index contributed by atoms with van der Waals surface area (Å²) in [4.78, 5) is 4.55. The molecule has 138 valence electrons. The normalized spacial score (nSPS) is 16.0. The van der Waals surface area contributed by atoms with Gasteiger partial charge in [0.2, 0.25) is 0 Å². The highest BCUT2D eigenvalue weighted by atomic mass is 127. The second-order valence-electron chi connectivity index (χ2n) is 5.72. The van der Waals surface area contributed by atoms with E-state index in [-0.39, 0.29) is 24.0 Å². The van der Waals surface area contributed by atoms with Crippen LogP contribution in [0.3, 0.4) is 0 Å². The first-order chi connectivity index (χ1) is 10.9. The van der Waals surface area contributed by atoms with Crippen molar-refractivity contribution < 1.29 is 9.47 Å². The summed E-state index contributed by atoms with van der Waals surface area (Å²) in [5, 5.41) is 6.64. The Morgan fingerprint density at radius 1 is 1.04 bits per heavy atom. The molecule has 5 nitrogen and oxygen atoms in total. The lowest BCUT2D eigenvalue weighted by Crippen LogP contribution is -2.38. The molecule has 0 radical (unpaired) electrons. The van der Waals surface area contributed by atoms with E-state index in [9.17, 15) is 0 Å². The summed E-state index contributed by atoms with van der Waals surface area (Å²) in [5.74, 6) is 0.900. The van der Waals surface area contributed by atoms with Crippen LogP contribution in [-0.2, 0) is 9.47 Å². The van der Waals surface area contributed by atoms with Crippen LogP contribution >= 0.6 is 24.0 Å². The summed E-state index contributed by atoms with van der Waals surface area (Å²) in [6.07, 6.45) is 9.05. The fourth-order valence-corrected chi connectivity index (χ4v) is 2.60. The third-order valence-corrected chi connectivity index (χ3v) is 3.78. The van der Waals surface area contributed by atoms with Crippen molar-refractivity contribution in [3.05, 3.63) is 0 Å². The van der Waals surface area contributed by atoms with Gasteiger partial charge in [0.1, 0.15) is 0 Å². The maximum Gasteiger partial charge on any atom is 0.191 e. The van der Waals surface area contributed by atoms with Crippen LogP contribution in [0.2, 0.25) is 0 Å². The number of guanidine groups is 1. The fourth-order valence-electron chi connectivity index (χ4n) is 2.60. The molecular weight excluding hydrogens is 405 g/mol. The first kappa shape index (κ1) is 22.9. The lowest BCUT2D eigenvalue weighted by atomic mass is 9.98. The molecule has 0 heterocycles. The van der Waals surface area contributed by atoms with Crippen LogP contribution in [0.1, 0.15) is 58.8 Å². The minimum atomic E-state index is 0. The SMILES string of the molecule is CCNC(=NCCCOCC)NCCCOC1CCCCC1.I. The summed E-state index contributed by atoms with van der Waals surface area (Å²) in [5.41, 5.74) is 0. The first-order valence-corrected chi connectivity index (χ1v) is 9.08. The van der Waals surface area contributed by atoms with Gasteiger partial charge in [0, 0.05) is 39.5 Å². The van der Waals surface area contributed by atoms with Crippen LogP contribution in [0.4, 0.5) is 0 Å². The molecule has 1 aliphatic rings. The first-order valence-electron chi connectivity index (χ1n) is 9.08. The monoisotopic (exact) mass is 441 g/mol. The Bertz CT molecular complexity index is 285. The molecule has 1 saturated carbocycles. The molecule has 23 heavy (non-hydrogen) atoms. The van der Waals surface area contributed by atoms with E-state index in [1.165, 1.54) is 32.1 Å². The maximum absolute atomic E-state index is 5.93. The van der Waals surface area contributed by atoms with Crippen molar-refractivity contribution in [3.63, 3.8) is 0 Å². The van der Waals surface area contributed by atoms with Crippen molar-refractivity contribution >= 4 is 29.9 Å². The van der Waals surface area contributed by atoms with E-state index in [0.29, 0.717) is 6.10 Å². The number of rotatable bonds is 11. The Hall–Kier alpha value is -0.0800. The average Bonchev–Trinajstić information content (AvgIpc) is 2.55. The molecule has 6 heteroatoms. The van der Waals surface area contributed by atoms with Crippen LogP contribution in [-0.4, -0.2) is 51.5 Å². The van der Waals surface area contributed by atoms with E-state index in [0.717, 1.165) is 58.3 Å². The topological polar surface area (TPSA) is 54.9 Å². The largest absolute Gasteiger partial charge is 0.382 e. The van der Waals surface area contributed by atoms with E-state index < -0.39 is 0 Å². The number of halogens is 1. The van der Waals surface area contributed by atoms with Gasteiger partial charge in [0.25, 0.3) is 0 Å². The number of hydrogen-bond donors (Lipinski definition) is 2. The number of nitrogens with zero attached hydrogens (tertiary/aromatic N) is 1. The predicted molar refractivity (Wildman–Crippen MR) is 108 cm³/mol. The molecule has 0 amide bonds. The molecule has 0 aliphatic heterocycles. The summed E-state index contributed by atoms with van der Waals surface area (Å²) < 4.78 is 11.3. The summed E-state index contributed by atoms with van der Waals surface area (Å²) in [6.45, 7) is 9.11. The Kier molecular flexibility index (Phi) is 16.7. The predicted octanol–water partition coefficient (Wildman–Crippen LogP) is 3.33. The van der Waals surface area contributed by atoms with Gasteiger partial charge >= 0.3 is 0 Å². The zero-order valence-electron chi connectivity index (χ0n) is 14.9. The van der Waals surface area contributed by atoms with Gasteiger partial charge in [-0.2, -0.15) is 0 Å². The quantitative estimate of drug-likeness (QED) is 0.224. The van der Waals surface area contributed by atoms with Gasteiger partial charge in [-0.25, -0.2) is 0 Å². The van der Waals surface area contributed by atoms with E-state index in [2.05, 4.69) is 22.5 Å². The minimum absolute atomic E-state index is 0. The van der Waals surface area contributed by atoms with E-state index >= 15 is 0 Å². The van der Waals surface area contributed by atoms with Gasteiger partial charge in [-0.3, -0.25) is 4.99 Å². The van der Waals surface area contributed by atoms with E-state index in [4.69, 9.17) is 9.47 Å². The number of aliphatic imine (C=N–C) groups is 1. The highest BCUT2D eigenvalue weighted by molar-refractivity contribution is 14.0. The summed E-state index contributed by atoms with van der Waals surface area (Å²) in [6, 6.07) is 0. The Labute approximate surface area is 159 Å². The molecule has 0 spiro atoms. The third kappa shape index (κ3) is 12.9. The molecule has 0 bridgehead atoms. The van der Waals surface area contributed by atoms with Crippen LogP contribution in [0, 0.1) is 0 Å². The van der Waals surface area contributed by atoms with Crippen LogP contribution in [0.15, 0.2) is 4.99 Å². The Balaban J connectivity index is 0.00000484. The third-order valence-electron chi connectivity index (χ3n) is 3.78.